The van der Waals surface area contributed by atoms with E-state index >= 15 is 0 Å². The Labute approximate surface area is 102 Å². The maximum Gasteiger partial charge on any atom is 0.394 e. The van der Waals surface area contributed by atoms with Crippen LogP contribution < -0.4 is 0 Å². The van der Waals surface area contributed by atoms with E-state index in [0.717, 1.165) is 0 Å². The molecule has 12 heteroatoms. The van der Waals surface area contributed by atoms with Crippen molar-refractivity contribution < 1.29 is 44.6 Å². The summed E-state index contributed by atoms with van der Waals surface area (Å²) in [7, 11) is -9.33. The molecule has 10 nitrogen and oxygen atoms in total. The molecule has 0 saturated heterocycles. The molecule has 0 amide bonds. The number of rotatable bonds is 0. The van der Waals surface area contributed by atoms with E-state index in [2.05, 4.69) is 0 Å². The summed E-state index contributed by atoms with van der Waals surface area (Å²) in [6.07, 6.45) is 5.01. The maximum atomic E-state index is 10.3. The van der Waals surface area contributed by atoms with Crippen LogP contribution in [0, 0.1) is 0 Å². The molecule has 0 radical (unpaired) electrons. The van der Waals surface area contributed by atoms with E-state index in [9.17, 15) is 9.59 Å². The summed E-state index contributed by atoms with van der Waals surface area (Å²) in [6.45, 7) is 0. The molecular weight excluding hydrogens is 296 g/mol. The van der Waals surface area contributed by atoms with Crippen molar-refractivity contribution in [3.8, 4) is 0 Å². The molecular formula is C6H8O10S2. The molecule has 0 bridgehead atoms. The molecule has 0 heterocycles. The van der Waals surface area contributed by atoms with Gasteiger partial charge < -0.3 is 0 Å². The molecule has 18 heavy (non-hydrogen) atoms. The Kier molecular flexibility index (Phi) is 8.20. The first kappa shape index (κ1) is 18.9. The van der Waals surface area contributed by atoms with E-state index in [1.54, 1.807) is 0 Å². The van der Waals surface area contributed by atoms with Crippen molar-refractivity contribution in [3.05, 3.63) is 24.3 Å². The summed E-state index contributed by atoms with van der Waals surface area (Å²) in [5, 5.41) is 0. The largest absolute Gasteiger partial charge is 0.394 e. The Morgan fingerprint density at radius 1 is 0.611 bits per heavy atom. The summed E-state index contributed by atoms with van der Waals surface area (Å²) in [5.41, 5.74) is 0. The van der Waals surface area contributed by atoms with Gasteiger partial charge in [-0.05, 0) is 24.3 Å². The van der Waals surface area contributed by atoms with E-state index in [4.69, 9.17) is 35.0 Å². The van der Waals surface area contributed by atoms with Crippen molar-refractivity contribution in [1.82, 2.24) is 0 Å². The van der Waals surface area contributed by atoms with E-state index in [1.165, 1.54) is 24.3 Å². The highest BCUT2D eigenvalue weighted by Crippen LogP contribution is 1.90. The third kappa shape index (κ3) is 36.5. The molecule has 0 aromatic heterocycles. The van der Waals surface area contributed by atoms with Crippen molar-refractivity contribution in [2.24, 2.45) is 0 Å². The normalized spacial score (nSPS) is 14.2. The number of carbonyl (C=O) groups is 2. The first-order chi connectivity index (χ1) is 7.79. The molecule has 0 fully saturated rings. The van der Waals surface area contributed by atoms with E-state index in [0.29, 0.717) is 0 Å². The molecule has 0 aromatic rings. The fourth-order valence-corrected chi connectivity index (χ4v) is 0.440. The van der Waals surface area contributed by atoms with E-state index in [-0.39, 0.29) is 11.6 Å². The lowest BCUT2D eigenvalue weighted by atomic mass is 10.2. The van der Waals surface area contributed by atoms with Crippen LogP contribution in [0.1, 0.15) is 0 Å². The molecule has 104 valence electrons. The molecule has 1 aliphatic carbocycles. The highest BCUT2D eigenvalue weighted by molar-refractivity contribution is 7.80. The molecule has 0 aromatic carbocycles. The van der Waals surface area contributed by atoms with Crippen LogP contribution in [0.25, 0.3) is 0 Å². The van der Waals surface area contributed by atoms with Gasteiger partial charge in [0.15, 0.2) is 11.6 Å². The molecule has 1 aliphatic rings. The van der Waals surface area contributed by atoms with Crippen LogP contribution in [0.4, 0.5) is 0 Å². The number of hydrogen-bond donors (Lipinski definition) is 4. The van der Waals surface area contributed by atoms with Crippen molar-refractivity contribution in [2.75, 3.05) is 0 Å². The molecule has 1 rings (SSSR count). The van der Waals surface area contributed by atoms with Crippen LogP contribution in [0.2, 0.25) is 0 Å². The highest BCUT2D eigenvalue weighted by Gasteiger charge is 1.97. The Morgan fingerprint density at radius 2 is 0.722 bits per heavy atom. The van der Waals surface area contributed by atoms with Gasteiger partial charge in [0.25, 0.3) is 0 Å². The second-order valence-electron chi connectivity index (χ2n) is 2.37. The minimum atomic E-state index is -4.67. The van der Waals surface area contributed by atoms with Crippen LogP contribution in [0.5, 0.6) is 0 Å². The summed E-state index contributed by atoms with van der Waals surface area (Å²) in [4.78, 5) is 20.6. The zero-order valence-electron chi connectivity index (χ0n) is 8.36. The average molecular weight is 304 g/mol. The highest BCUT2D eigenvalue weighted by atomic mass is 32.3. The van der Waals surface area contributed by atoms with Gasteiger partial charge >= 0.3 is 20.8 Å². The van der Waals surface area contributed by atoms with Crippen molar-refractivity contribution >= 4 is 32.4 Å². The van der Waals surface area contributed by atoms with Gasteiger partial charge in [-0.3, -0.25) is 27.8 Å². The minimum absolute atomic E-state index is 0.121. The predicted octanol–water partition coefficient (Wildman–Crippen LogP) is -1.05. The van der Waals surface area contributed by atoms with Gasteiger partial charge in [0.2, 0.25) is 0 Å². The lowest BCUT2D eigenvalue weighted by Gasteiger charge is -1.87. The summed E-state index contributed by atoms with van der Waals surface area (Å²) >= 11 is 0. The van der Waals surface area contributed by atoms with Crippen LogP contribution >= 0.6 is 0 Å². The van der Waals surface area contributed by atoms with Gasteiger partial charge in [0.05, 0.1) is 0 Å². The lowest BCUT2D eigenvalue weighted by Crippen LogP contribution is -1.97. The van der Waals surface area contributed by atoms with Gasteiger partial charge in [0.1, 0.15) is 0 Å². The standard InChI is InChI=1S/C6H4O2.2H2O4S/c7-5-1-2-6(8)4-3-5;2*1-5(2,3)4/h1-4H;2*(H2,1,2,3,4). The van der Waals surface area contributed by atoms with Crippen LogP contribution in [-0.4, -0.2) is 46.6 Å². The third-order valence-electron chi connectivity index (χ3n) is 0.824. The molecule has 4 N–H and O–H groups in total. The zero-order chi connectivity index (χ0) is 15.0. The van der Waals surface area contributed by atoms with Crippen LogP contribution in [0.15, 0.2) is 24.3 Å². The van der Waals surface area contributed by atoms with Gasteiger partial charge in [-0.1, -0.05) is 0 Å². The SMILES string of the molecule is O=C1C=CC(=O)C=C1.O=S(=O)(O)O.O=S(=O)(O)O. The second kappa shape index (κ2) is 7.80. The predicted molar refractivity (Wildman–Crippen MR) is 56.6 cm³/mol. The van der Waals surface area contributed by atoms with Crippen LogP contribution in [-0.2, 0) is 30.4 Å². The van der Waals surface area contributed by atoms with Gasteiger partial charge in [-0.25, -0.2) is 0 Å². The number of ketones is 2. The molecule has 0 saturated carbocycles. The quantitative estimate of drug-likeness (QED) is 0.318. The molecule has 0 unspecified atom stereocenters. The smallest absolute Gasteiger partial charge is 0.290 e. The van der Waals surface area contributed by atoms with E-state index in [1.807, 2.05) is 0 Å². The summed E-state index contributed by atoms with van der Waals surface area (Å²) < 4.78 is 63.2. The fourth-order valence-electron chi connectivity index (χ4n) is 0.440. The first-order valence-corrected chi connectivity index (χ1v) is 6.42. The third-order valence-corrected chi connectivity index (χ3v) is 0.824. The minimum Gasteiger partial charge on any atom is -0.290 e. The Balaban J connectivity index is 0. The van der Waals surface area contributed by atoms with Crippen LogP contribution in [0.3, 0.4) is 0 Å². The Morgan fingerprint density at radius 3 is 0.833 bits per heavy atom. The number of allylic oxidation sites excluding steroid dienone is 4. The second-order valence-corrected chi connectivity index (χ2v) is 4.16. The van der Waals surface area contributed by atoms with Crippen molar-refractivity contribution in [1.29, 1.82) is 0 Å². The number of carbonyl (C=O) groups excluding carboxylic acids is 2. The Bertz CT molecular complexity index is 465. The number of hydrogen-bond acceptors (Lipinski definition) is 6. The van der Waals surface area contributed by atoms with Gasteiger partial charge in [0, 0.05) is 0 Å². The van der Waals surface area contributed by atoms with Gasteiger partial charge in [-0.2, -0.15) is 16.8 Å². The topological polar surface area (TPSA) is 183 Å². The zero-order valence-corrected chi connectivity index (χ0v) is 10.00. The fraction of sp³-hybridized carbons (Fsp3) is 0. The van der Waals surface area contributed by atoms with Crippen molar-refractivity contribution in [2.45, 2.75) is 0 Å². The summed E-state index contributed by atoms with van der Waals surface area (Å²) in [5.74, 6) is -0.241. The lowest BCUT2D eigenvalue weighted by molar-refractivity contribution is -0.113. The van der Waals surface area contributed by atoms with E-state index < -0.39 is 20.8 Å². The average Bonchev–Trinajstić information content (AvgIpc) is 2.04. The maximum absolute atomic E-state index is 10.3. The Hall–Kier alpha value is -1.44. The molecule has 0 atom stereocenters. The summed E-state index contributed by atoms with van der Waals surface area (Å²) in [6, 6.07) is 0. The molecule has 0 aliphatic heterocycles. The van der Waals surface area contributed by atoms with Crippen molar-refractivity contribution in [3.63, 3.8) is 0 Å². The van der Waals surface area contributed by atoms with Gasteiger partial charge in [-0.15, -0.1) is 0 Å². The molecule has 0 spiro atoms. The first-order valence-electron chi connectivity index (χ1n) is 3.63. The monoisotopic (exact) mass is 304 g/mol.